The molecule has 0 radical (unpaired) electrons. The number of halogens is 2. The summed E-state index contributed by atoms with van der Waals surface area (Å²) in [5, 5.41) is 3.21. The van der Waals surface area contributed by atoms with E-state index in [9.17, 15) is 8.78 Å². The lowest BCUT2D eigenvalue weighted by molar-refractivity contribution is 0.401. The smallest absolute Gasteiger partial charge is 0.159 e. The lowest BCUT2D eigenvalue weighted by Crippen LogP contribution is -2.20. The maximum Gasteiger partial charge on any atom is 0.159 e. The summed E-state index contributed by atoms with van der Waals surface area (Å²) < 4.78 is 31.7. The Morgan fingerprint density at radius 2 is 1.86 bits per heavy atom. The predicted molar refractivity (Wildman–Crippen MR) is 79.6 cm³/mol. The molecule has 2 nitrogen and oxygen atoms in total. The van der Waals surface area contributed by atoms with Crippen LogP contribution in [0.4, 0.5) is 8.78 Å². The van der Waals surface area contributed by atoms with E-state index in [0.29, 0.717) is 6.42 Å². The minimum absolute atomic E-state index is 0.0373. The fourth-order valence-corrected chi connectivity index (χ4v) is 2.40. The molecule has 1 atom stereocenters. The fourth-order valence-electron chi connectivity index (χ4n) is 2.40. The molecule has 2 aromatic rings. The summed E-state index contributed by atoms with van der Waals surface area (Å²) in [5.41, 5.74) is 2.86. The van der Waals surface area contributed by atoms with Crippen LogP contribution in [0.25, 0.3) is 0 Å². The van der Waals surface area contributed by atoms with E-state index in [0.717, 1.165) is 28.5 Å². The molecule has 1 N–H and O–H groups in total. The van der Waals surface area contributed by atoms with Gasteiger partial charge in [-0.3, -0.25) is 0 Å². The largest absolute Gasteiger partial charge is 0.496 e. The zero-order chi connectivity index (χ0) is 15.4. The maximum atomic E-state index is 13.3. The Labute approximate surface area is 123 Å². The van der Waals surface area contributed by atoms with Crippen molar-refractivity contribution in [3.05, 3.63) is 64.7 Å². The van der Waals surface area contributed by atoms with Crippen LogP contribution in [0.3, 0.4) is 0 Å². The summed E-state index contributed by atoms with van der Waals surface area (Å²) in [6.07, 6.45) is 0.549. The number of nitrogens with one attached hydrogen (secondary N) is 1. The molecule has 0 amide bonds. The second-order valence-corrected chi connectivity index (χ2v) is 5.04. The molecule has 0 saturated carbocycles. The Hall–Kier alpha value is -1.94. The van der Waals surface area contributed by atoms with Crippen molar-refractivity contribution in [2.75, 3.05) is 14.2 Å². The zero-order valence-electron chi connectivity index (χ0n) is 12.4. The molecule has 2 rings (SSSR count). The maximum absolute atomic E-state index is 13.3. The Morgan fingerprint density at radius 3 is 2.48 bits per heavy atom. The van der Waals surface area contributed by atoms with Gasteiger partial charge in [0, 0.05) is 11.6 Å². The molecule has 2 aromatic carbocycles. The van der Waals surface area contributed by atoms with Crippen LogP contribution >= 0.6 is 0 Å². The fraction of sp³-hybridized carbons (Fsp3) is 0.294. The highest BCUT2D eigenvalue weighted by Crippen LogP contribution is 2.28. The Morgan fingerprint density at radius 1 is 1.10 bits per heavy atom. The predicted octanol–water partition coefficient (Wildman–Crippen LogP) is 3.79. The van der Waals surface area contributed by atoms with Gasteiger partial charge in [0.15, 0.2) is 11.6 Å². The van der Waals surface area contributed by atoms with Gasteiger partial charge < -0.3 is 10.1 Å². The summed E-state index contributed by atoms with van der Waals surface area (Å²) in [5.74, 6) is -0.867. The third kappa shape index (κ3) is 3.58. The molecular weight excluding hydrogens is 272 g/mol. The summed E-state index contributed by atoms with van der Waals surface area (Å²) >= 11 is 0. The average molecular weight is 291 g/mol. The van der Waals surface area contributed by atoms with E-state index in [1.54, 1.807) is 13.2 Å². The van der Waals surface area contributed by atoms with E-state index < -0.39 is 11.6 Å². The van der Waals surface area contributed by atoms with Crippen molar-refractivity contribution in [2.45, 2.75) is 19.4 Å². The molecular formula is C17H19F2NO. The summed E-state index contributed by atoms with van der Waals surface area (Å²) in [4.78, 5) is 0. The van der Waals surface area contributed by atoms with Gasteiger partial charge in [0.1, 0.15) is 5.75 Å². The number of rotatable bonds is 5. The molecule has 0 aliphatic carbocycles. The highest BCUT2D eigenvalue weighted by atomic mass is 19.2. The first-order valence-electron chi connectivity index (χ1n) is 6.81. The molecule has 0 aliphatic rings. The highest BCUT2D eigenvalue weighted by molar-refractivity contribution is 5.40. The monoisotopic (exact) mass is 291 g/mol. The van der Waals surface area contributed by atoms with E-state index in [1.807, 2.05) is 32.2 Å². The molecule has 0 heterocycles. The second-order valence-electron chi connectivity index (χ2n) is 5.04. The topological polar surface area (TPSA) is 21.3 Å². The van der Waals surface area contributed by atoms with Crippen LogP contribution in [0.5, 0.6) is 5.75 Å². The molecule has 4 heteroatoms. The third-order valence-corrected chi connectivity index (χ3v) is 3.53. The van der Waals surface area contributed by atoms with Crippen molar-refractivity contribution >= 4 is 0 Å². The van der Waals surface area contributed by atoms with Gasteiger partial charge in [-0.25, -0.2) is 8.78 Å². The Bertz CT molecular complexity index is 628. The molecule has 0 aromatic heterocycles. The van der Waals surface area contributed by atoms with Gasteiger partial charge >= 0.3 is 0 Å². The van der Waals surface area contributed by atoms with Gasteiger partial charge in [-0.15, -0.1) is 0 Å². The average Bonchev–Trinajstić information content (AvgIpc) is 2.48. The minimum atomic E-state index is -0.826. The SMILES string of the molecule is CNC(Cc1ccc(F)c(F)c1)c1cc(C)ccc1OC. The molecule has 0 fully saturated rings. The van der Waals surface area contributed by atoms with Crippen molar-refractivity contribution in [2.24, 2.45) is 0 Å². The molecule has 0 spiro atoms. The summed E-state index contributed by atoms with van der Waals surface area (Å²) in [6.45, 7) is 2.01. The number of aryl methyl sites for hydroxylation is 1. The van der Waals surface area contributed by atoms with Gasteiger partial charge in [0.05, 0.1) is 7.11 Å². The van der Waals surface area contributed by atoms with Gasteiger partial charge in [0.2, 0.25) is 0 Å². The van der Waals surface area contributed by atoms with Crippen LogP contribution in [0, 0.1) is 18.6 Å². The second kappa shape index (κ2) is 6.68. The van der Waals surface area contributed by atoms with Gasteiger partial charge in [-0.1, -0.05) is 23.8 Å². The number of hydrogen-bond donors (Lipinski definition) is 1. The van der Waals surface area contributed by atoms with E-state index in [4.69, 9.17) is 4.74 Å². The quantitative estimate of drug-likeness (QED) is 0.905. The summed E-state index contributed by atoms with van der Waals surface area (Å²) in [7, 11) is 3.46. The normalized spacial score (nSPS) is 12.2. The van der Waals surface area contributed by atoms with Crippen molar-refractivity contribution < 1.29 is 13.5 Å². The van der Waals surface area contributed by atoms with E-state index in [2.05, 4.69) is 5.32 Å². The lowest BCUT2D eigenvalue weighted by Gasteiger charge is -2.20. The first kappa shape index (κ1) is 15.4. The molecule has 21 heavy (non-hydrogen) atoms. The van der Waals surface area contributed by atoms with Crippen molar-refractivity contribution in [1.82, 2.24) is 5.32 Å². The van der Waals surface area contributed by atoms with Crippen LogP contribution in [0.1, 0.15) is 22.7 Å². The van der Waals surface area contributed by atoms with Crippen molar-refractivity contribution in [1.29, 1.82) is 0 Å². The molecule has 0 aliphatic heterocycles. The number of hydrogen-bond acceptors (Lipinski definition) is 2. The zero-order valence-corrected chi connectivity index (χ0v) is 12.4. The number of ether oxygens (including phenoxy) is 1. The number of methoxy groups -OCH3 is 1. The molecule has 112 valence electrons. The van der Waals surface area contributed by atoms with Crippen LogP contribution < -0.4 is 10.1 Å². The van der Waals surface area contributed by atoms with Crippen LogP contribution in [0.2, 0.25) is 0 Å². The molecule has 0 saturated heterocycles. The highest BCUT2D eigenvalue weighted by Gasteiger charge is 2.16. The van der Waals surface area contributed by atoms with Gasteiger partial charge in [-0.05, 0) is 44.2 Å². The van der Waals surface area contributed by atoms with E-state index in [1.165, 1.54) is 6.07 Å². The summed E-state index contributed by atoms with van der Waals surface area (Å²) in [6, 6.07) is 9.90. The van der Waals surface area contributed by atoms with E-state index in [-0.39, 0.29) is 6.04 Å². The minimum Gasteiger partial charge on any atom is -0.496 e. The molecule has 1 unspecified atom stereocenters. The van der Waals surface area contributed by atoms with Crippen LogP contribution in [-0.2, 0) is 6.42 Å². The van der Waals surface area contributed by atoms with Crippen LogP contribution in [0.15, 0.2) is 36.4 Å². The van der Waals surface area contributed by atoms with Gasteiger partial charge in [0.25, 0.3) is 0 Å². The third-order valence-electron chi connectivity index (χ3n) is 3.53. The van der Waals surface area contributed by atoms with Gasteiger partial charge in [-0.2, -0.15) is 0 Å². The number of likely N-dealkylation sites (N-methyl/N-ethyl adjacent to an activating group) is 1. The number of benzene rings is 2. The van der Waals surface area contributed by atoms with E-state index >= 15 is 0 Å². The van der Waals surface area contributed by atoms with Crippen LogP contribution in [-0.4, -0.2) is 14.2 Å². The Kier molecular flexibility index (Phi) is 4.91. The first-order valence-corrected chi connectivity index (χ1v) is 6.81. The lowest BCUT2D eigenvalue weighted by atomic mass is 9.96. The Balaban J connectivity index is 2.31. The first-order chi connectivity index (χ1) is 10.0. The standard InChI is InChI=1S/C17H19F2NO/c1-11-4-7-17(21-3)13(8-11)16(20-2)10-12-5-6-14(18)15(19)9-12/h4-9,16,20H,10H2,1-3H3. The van der Waals surface area contributed by atoms with Crippen molar-refractivity contribution in [3.8, 4) is 5.75 Å². The molecule has 0 bridgehead atoms. The van der Waals surface area contributed by atoms with Crippen molar-refractivity contribution in [3.63, 3.8) is 0 Å².